The van der Waals surface area contributed by atoms with Crippen molar-refractivity contribution in [1.82, 2.24) is 19.2 Å². The predicted molar refractivity (Wildman–Crippen MR) is 101 cm³/mol. The minimum absolute atomic E-state index is 0.119. The van der Waals surface area contributed by atoms with Crippen molar-refractivity contribution >= 4 is 22.8 Å². The Morgan fingerprint density at radius 2 is 2.04 bits per heavy atom. The van der Waals surface area contributed by atoms with E-state index in [9.17, 15) is 4.79 Å². The number of amides is 1. The molecule has 130 valence electrons. The Labute approximate surface area is 151 Å². The largest absolute Gasteiger partial charge is 0.336 e. The van der Waals surface area contributed by atoms with Crippen LogP contribution in [-0.2, 0) is 6.42 Å². The van der Waals surface area contributed by atoms with Gasteiger partial charge in [-0.15, -0.1) is 11.3 Å². The summed E-state index contributed by atoms with van der Waals surface area (Å²) >= 11 is 1.67. The van der Waals surface area contributed by atoms with Crippen molar-refractivity contribution in [2.45, 2.75) is 13.3 Å². The Hall–Kier alpha value is -2.18. The number of rotatable bonds is 3. The second kappa shape index (κ2) is 6.61. The molecule has 1 amide bonds. The molecule has 0 unspecified atom stereocenters. The molecule has 0 aliphatic carbocycles. The van der Waals surface area contributed by atoms with E-state index >= 15 is 0 Å². The maximum atomic E-state index is 13.1. The Bertz CT molecular complexity index is 905. The first-order valence-corrected chi connectivity index (χ1v) is 9.58. The fourth-order valence-corrected chi connectivity index (χ4v) is 4.03. The SMILES string of the molecule is CCc1nc(-c2cc(C(=O)N3CCN(C)CC3)c3ccccn23)cs1. The molecule has 1 saturated heterocycles. The number of hydrogen-bond donors (Lipinski definition) is 0. The van der Waals surface area contributed by atoms with Gasteiger partial charge in [-0.05, 0) is 31.7 Å². The predicted octanol–water partition coefficient (Wildman–Crippen LogP) is 3.01. The monoisotopic (exact) mass is 354 g/mol. The van der Waals surface area contributed by atoms with Crippen LogP contribution >= 0.6 is 11.3 Å². The average Bonchev–Trinajstić information content (AvgIpc) is 3.26. The summed E-state index contributed by atoms with van der Waals surface area (Å²) < 4.78 is 2.08. The van der Waals surface area contributed by atoms with Gasteiger partial charge in [0.25, 0.3) is 5.91 Å². The van der Waals surface area contributed by atoms with Crippen molar-refractivity contribution in [2.75, 3.05) is 33.2 Å². The Kier molecular flexibility index (Phi) is 4.31. The fraction of sp³-hybridized carbons (Fsp3) is 0.368. The van der Waals surface area contributed by atoms with Gasteiger partial charge in [0.2, 0.25) is 0 Å². The second-order valence-electron chi connectivity index (χ2n) is 6.47. The molecule has 1 aliphatic heterocycles. The van der Waals surface area contributed by atoms with Gasteiger partial charge >= 0.3 is 0 Å². The first-order chi connectivity index (χ1) is 12.2. The van der Waals surface area contributed by atoms with Crippen LogP contribution in [0.5, 0.6) is 0 Å². The third-order valence-electron chi connectivity index (χ3n) is 4.81. The lowest BCUT2D eigenvalue weighted by Crippen LogP contribution is -2.47. The quantitative estimate of drug-likeness (QED) is 0.726. The number of likely N-dealkylation sites (N-methyl/N-ethyl adjacent to an activating group) is 1. The zero-order valence-electron chi connectivity index (χ0n) is 14.6. The van der Waals surface area contributed by atoms with Crippen molar-refractivity contribution in [2.24, 2.45) is 0 Å². The van der Waals surface area contributed by atoms with E-state index in [4.69, 9.17) is 4.98 Å². The van der Waals surface area contributed by atoms with Crippen molar-refractivity contribution in [3.63, 3.8) is 0 Å². The van der Waals surface area contributed by atoms with Crippen LogP contribution in [0.4, 0.5) is 0 Å². The molecule has 1 aliphatic rings. The zero-order chi connectivity index (χ0) is 17.4. The summed E-state index contributed by atoms with van der Waals surface area (Å²) in [5, 5.41) is 3.20. The summed E-state index contributed by atoms with van der Waals surface area (Å²) in [5.41, 5.74) is 3.66. The van der Waals surface area contributed by atoms with Gasteiger partial charge in [0.15, 0.2) is 0 Å². The maximum absolute atomic E-state index is 13.1. The first kappa shape index (κ1) is 16.3. The molecule has 3 aromatic rings. The van der Waals surface area contributed by atoms with Crippen LogP contribution in [0.1, 0.15) is 22.3 Å². The minimum Gasteiger partial charge on any atom is -0.336 e. The Morgan fingerprint density at radius 1 is 1.24 bits per heavy atom. The summed E-state index contributed by atoms with van der Waals surface area (Å²) in [4.78, 5) is 22.0. The Morgan fingerprint density at radius 3 is 2.76 bits per heavy atom. The van der Waals surface area contributed by atoms with E-state index in [0.29, 0.717) is 0 Å². The molecule has 0 bridgehead atoms. The standard InChI is InChI=1S/C19H22N4OS/c1-3-18-20-15(13-25-18)17-12-14(16-6-4-5-7-23(16)17)19(24)22-10-8-21(2)9-11-22/h4-7,12-13H,3,8-11H2,1-2H3. The number of hydrogen-bond acceptors (Lipinski definition) is 4. The second-order valence-corrected chi connectivity index (χ2v) is 7.42. The topological polar surface area (TPSA) is 40.9 Å². The molecule has 0 radical (unpaired) electrons. The number of piperazine rings is 1. The van der Waals surface area contributed by atoms with Crippen molar-refractivity contribution < 1.29 is 4.79 Å². The molecule has 4 rings (SSSR count). The van der Waals surface area contributed by atoms with Gasteiger partial charge in [0, 0.05) is 37.8 Å². The van der Waals surface area contributed by atoms with Gasteiger partial charge in [-0.25, -0.2) is 4.98 Å². The normalized spacial score (nSPS) is 15.8. The van der Waals surface area contributed by atoms with Crippen LogP contribution in [0.2, 0.25) is 0 Å². The third kappa shape index (κ3) is 2.96. The summed E-state index contributed by atoms with van der Waals surface area (Å²) in [6.45, 7) is 5.53. The van der Waals surface area contributed by atoms with Crippen molar-refractivity contribution in [1.29, 1.82) is 0 Å². The highest BCUT2D eigenvalue weighted by Crippen LogP contribution is 2.28. The van der Waals surface area contributed by atoms with E-state index in [2.05, 4.69) is 28.7 Å². The molecule has 4 heterocycles. The third-order valence-corrected chi connectivity index (χ3v) is 5.81. The highest BCUT2D eigenvalue weighted by Gasteiger charge is 2.24. The molecule has 0 aromatic carbocycles. The maximum Gasteiger partial charge on any atom is 0.256 e. The van der Waals surface area contributed by atoms with Crippen molar-refractivity contribution in [3.05, 3.63) is 46.4 Å². The summed E-state index contributed by atoms with van der Waals surface area (Å²) in [6.07, 6.45) is 2.94. The highest BCUT2D eigenvalue weighted by atomic mass is 32.1. The lowest BCUT2D eigenvalue weighted by atomic mass is 10.2. The molecule has 25 heavy (non-hydrogen) atoms. The number of nitrogens with zero attached hydrogens (tertiary/aromatic N) is 4. The van der Waals surface area contributed by atoms with Crippen LogP contribution in [0, 0.1) is 0 Å². The van der Waals surface area contributed by atoms with E-state index in [1.165, 1.54) is 0 Å². The van der Waals surface area contributed by atoms with Gasteiger partial charge in [-0.3, -0.25) is 4.79 Å². The average molecular weight is 354 g/mol. The van der Waals surface area contributed by atoms with Crippen LogP contribution in [0.3, 0.4) is 0 Å². The van der Waals surface area contributed by atoms with Gasteiger partial charge in [-0.1, -0.05) is 13.0 Å². The molecule has 6 heteroatoms. The van der Waals surface area contributed by atoms with Crippen LogP contribution in [0.15, 0.2) is 35.8 Å². The lowest BCUT2D eigenvalue weighted by molar-refractivity contribution is 0.0666. The molecule has 0 spiro atoms. The molecule has 0 saturated carbocycles. The minimum atomic E-state index is 0.119. The molecule has 3 aromatic heterocycles. The van der Waals surface area contributed by atoms with Crippen LogP contribution < -0.4 is 0 Å². The van der Waals surface area contributed by atoms with E-state index in [-0.39, 0.29) is 5.91 Å². The summed E-state index contributed by atoms with van der Waals surface area (Å²) in [5.74, 6) is 0.119. The number of aromatic nitrogens is 2. The zero-order valence-corrected chi connectivity index (χ0v) is 15.4. The first-order valence-electron chi connectivity index (χ1n) is 8.70. The summed E-state index contributed by atoms with van der Waals surface area (Å²) in [6, 6.07) is 8.00. The van der Waals surface area contributed by atoms with Gasteiger partial charge in [-0.2, -0.15) is 0 Å². The van der Waals surface area contributed by atoms with Gasteiger partial charge in [0.1, 0.15) is 0 Å². The van der Waals surface area contributed by atoms with E-state index in [0.717, 1.165) is 60.1 Å². The van der Waals surface area contributed by atoms with E-state index in [1.807, 2.05) is 35.4 Å². The summed E-state index contributed by atoms with van der Waals surface area (Å²) in [7, 11) is 2.10. The number of carbonyl (C=O) groups is 1. The molecule has 1 fully saturated rings. The number of aryl methyl sites for hydroxylation is 1. The van der Waals surface area contributed by atoms with Crippen LogP contribution in [0.25, 0.3) is 16.9 Å². The van der Waals surface area contributed by atoms with Crippen molar-refractivity contribution in [3.8, 4) is 11.4 Å². The molecular weight excluding hydrogens is 332 g/mol. The highest BCUT2D eigenvalue weighted by molar-refractivity contribution is 7.09. The van der Waals surface area contributed by atoms with Gasteiger partial charge < -0.3 is 14.2 Å². The number of pyridine rings is 1. The number of carbonyl (C=O) groups excluding carboxylic acids is 1. The molecule has 0 N–H and O–H groups in total. The molecular formula is C19H22N4OS. The van der Waals surface area contributed by atoms with Crippen LogP contribution in [-0.4, -0.2) is 58.3 Å². The lowest BCUT2D eigenvalue weighted by Gasteiger charge is -2.32. The smallest absolute Gasteiger partial charge is 0.256 e. The Balaban J connectivity index is 1.75. The van der Waals surface area contributed by atoms with E-state index in [1.54, 1.807) is 11.3 Å². The number of fused-ring (bicyclic) bond motifs is 1. The molecule has 0 atom stereocenters. The fourth-order valence-electron chi connectivity index (χ4n) is 3.29. The van der Waals surface area contributed by atoms with Gasteiger partial charge in [0.05, 0.1) is 27.5 Å². The molecule has 5 nitrogen and oxygen atoms in total. The van der Waals surface area contributed by atoms with E-state index < -0.39 is 0 Å². The number of thiazole rings is 1.